The van der Waals surface area contributed by atoms with Crippen LogP contribution in [0.15, 0.2) is 73.1 Å². The zero-order valence-corrected chi connectivity index (χ0v) is 16.7. The molecule has 2 aromatic heterocycles. The first kappa shape index (κ1) is 20.2. The Labute approximate surface area is 176 Å². The van der Waals surface area contributed by atoms with Crippen molar-refractivity contribution < 1.29 is 9.18 Å². The molecule has 1 amide bonds. The van der Waals surface area contributed by atoms with Crippen LogP contribution in [0.5, 0.6) is 0 Å². The second-order valence-electron chi connectivity index (χ2n) is 7.68. The lowest BCUT2D eigenvalue weighted by atomic mass is 9.88. The fourth-order valence-electron chi connectivity index (χ4n) is 4.06. The molecule has 1 aliphatic heterocycles. The summed E-state index contributed by atoms with van der Waals surface area (Å²) in [7, 11) is 0. The number of aromatic nitrogens is 2. The highest BCUT2D eigenvalue weighted by Gasteiger charge is 2.30. The number of carbonyl (C=O) groups is 1. The van der Waals surface area contributed by atoms with Gasteiger partial charge in [-0.1, -0.05) is 24.3 Å². The van der Waals surface area contributed by atoms with Crippen molar-refractivity contribution in [2.45, 2.75) is 25.4 Å². The van der Waals surface area contributed by atoms with Crippen LogP contribution in [0.3, 0.4) is 0 Å². The quantitative estimate of drug-likeness (QED) is 0.675. The first-order chi connectivity index (χ1) is 14.7. The summed E-state index contributed by atoms with van der Waals surface area (Å²) in [5.74, 6) is -0.189. The van der Waals surface area contributed by atoms with Crippen LogP contribution in [-0.2, 0) is 6.54 Å². The van der Waals surface area contributed by atoms with Gasteiger partial charge in [-0.2, -0.15) is 0 Å². The van der Waals surface area contributed by atoms with E-state index in [9.17, 15) is 9.18 Å². The number of nitrogens with zero attached hydrogens (tertiary/aromatic N) is 3. The first-order valence-corrected chi connectivity index (χ1v) is 10.3. The molecular weight excluding hydrogens is 379 g/mol. The minimum absolute atomic E-state index is 0.193. The molecule has 1 aromatic carbocycles. The Morgan fingerprint density at radius 3 is 2.53 bits per heavy atom. The van der Waals surface area contributed by atoms with Gasteiger partial charge < -0.3 is 5.32 Å². The van der Waals surface area contributed by atoms with Gasteiger partial charge in [0, 0.05) is 25.5 Å². The number of hydrogen-bond donors (Lipinski definition) is 1. The van der Waals surface area contributed by atoms with E-state index in [0.717, 1.165) is 43.7 Å². The third-order valence-electron chi connectivity index (χ3n) is 5.52. The van der Waals surface area contributed by atoms with Crippen LogP contribution in [-0.4, -0.2) is 33.9 Å². The van der Waals surface area contributed by atoms with Gasteiger partial charge in [-0.15, -0.1) is 0 Å². The maximum Gasteiger partial charge on any atom is 0.270 e. The number of pyridine rings is 2. The lowest BCUT2D eigenvalue weighted by molar-refractivity contribution is 0.0870. The average molecular weight is 404 g/mol. The highest BCUT2D eigenvalue weighted by molar-refractivity contribution is 5.92. The third-order valence-corrected chi connectivity index (χ3v) is 5.52. The number of likely N-dealkylation sites (tertiary alicyclic amines) is 1. The van der Waals surface area contributed by atoms with Crippen LogP contribution in [0.25, 0.3) is 0 Å². The molecule has 30 heavy (non-hydrogen) atoms. The molecule has 1 aliphatic rings. The number of hydrogen-bond acceptors (Lipinski definition) is 4. The SMILES string of the molecule is O=C(N[C@@H](c1ccccn1)[C@H]1CCCN(Cc2ccc(F)cc2)C1)c1ccccn1. The van der Waals surface area contributed by atoms with Crippen molar-refractivity contribution in [1.29, 1.82) is 0 Å². The molecule has 3 heterocycles. The summed E-state index contributed by atoms with van der Waals surface area (Å²) in [5, 5.41) is 3.17. The smallest absolute Gasteiger partial charge is 0.270 e. The Hall–Kier alpha value is -3.12. The molecule has 0 radical (unpaired) electrons. The summed E-state index contributed by atoms with van der Waals surface area (Å²) < 4.78 is 13.2. The van der Waals surface area contributed by atoms with Crippen molar-refractivity contribution in [2.75, 3.05) is 13.1 Å². The van der Waals surface area contributed by atoms with Crippen LogP contribution >= 0.6 is 0 Å². The van der Waals surface area contributed by atoms with E-state index in [1.54, 1.807) is 24.5 Å². The average Bonchev–Trinajstić information content (AvgIpc) is 2.80. The molecule has 1 saturated heterocycles. The molecule has 0 aliphatic carbocycles. The van der Waals surface area contributed by atoms with Crippen LogP contribution in [0.2, 0.25) is 0 Å². The van der Waals surface area contributed by atoms with Crippen molar-refractivity contribution in [3.8, 4) is 0 Å². The minimum atomic E-state index is -0.220. The monoisotopic (exact) mass is 404 g/mol. The largest absolute Gasteiger partial charge is 0.342 e. The Balaban J connectivity index is 1.51. The van der Waals surface area contributed by atoms with E-state index in [4.69, 9.17) is 0 Å². The number of nitrogens with one attached hydrogen (secondary N) is 1. The van der Waals surface area contributed by atoms with Crippen molar-refractivity contribution in [1.82, 2.24) is 20.2 Å². The standard InChI is InChI=1S/C24H25FN4O/c25-20-11-9-18(10-12-20)16-29-15-5-6-19(17-29)23(21-7-1-3-13-26-21)28-24(30)22-8-2-4-14-27-22/h1-4,7-14,19,23H,5-6,15-17H2,(H,28,30)/t19-,23+/m0/s1. The fourth-order valence-corrected chi connectivity index (χ4v) is 4.06. The Bertz CT molecular complexity index is 950. The minimum Gasteiger partial charge on any atom is -0.342 e. The molecule has 0 spiro atoms. The number of piperidine rings is 1. The van der Waals surface area contributed by atoms with E-state index < -0.39 is 0 Å². The third kappa shape index (κ3) is 5.07. The van der Waals surface area contributed by atoms with E-state index in [-0.39, 0.29) is 23.7 Å². The molecule has 1 fully saturated rings. The van der Waals surface area contributed by atoms with Gasteiger partial charge in [0.2, 0.25) is 0 Å². The van der Waals surface area contributed by atoms with Gasteiger partial charge in [-0.3, -0.25) is 19.7 Å². The van der Waals surface area contributed by atoms with Crippen LogP contribution in [0.1, 0.15) is 40.6 Å². The van der Waals surface area contributed by atoms with E-state index >= 15 is 0 Å². The van der Waals surface area contributed by atoms with Crippen molar-refractivity contribution >= 4 is 5.91 Å². The molecule has 3 aromatic rings. The first-order valence-electron chi connectivity index (χ1n) is 10.3. The highest BCUT2D eigenvalue weighted by Crippen LogP contribution is 2.30. The number of benzene rings is 1. The fraction of sp³-hybridized carbons (Fsp3) is 0.292. The summed E-state index contributed by atoms with van der Waals surface area (Å²) in [6, 6.07) is 17.6. The number of carbonyl (C=O) groups excluding carboxylic acids is 1. The summed E-state index contributed by atoms with van der Waals surface area (Å²) >= 11 is 0. The van der Waals surface area contributed by atoms with Gasteiger partial charge in [0.05, 0.1) is 11.7 Å². The molecule has 0 bridgehead atoms. The van der Waals surface area contributed by atoms with Crippen LogP contribution in [0, 0.1) is 11.7 Å². The normalized spacial score (nSPS) is 18.0. The van der Waals surface area contributed by atoms with E-state index in [1.807, 2.05) is 36.4 Å². The highest BCUT2D eigenvalue weighted by atomic mass is 19.1. The Morgan fingerprint density at radius 2 is 1.83 bits per heavy atom. The zero-order valence-electron chi connectivity index (χ0n) is 16.7. The Kier molecular flexibility index (Phi) is 6.44. The summed E-state index contributed by atoms with van der Waals surface area (Å²) in [6.07, 6.45) is 5.42. The molecule has 0 saturated carbocycles. The van der Waals surface area contributed by atoms with Gasteiger partial charge in [-0.25, -0.2) is 4.39 Å². The van der Waals surface area contributed by atoms with Crippen LogP contribution in [0.4, 0.5) is 4.39 Å². The van der Waals surface area contributed by atoms with E-state index in [1.165, 1.54) is 12.1 Å². The number of rotatable bonds is 6. The van der Waals surface area contributed by atoms with E-state index in [2.05, 4.69) is 20.2 Å². The summed E-state index contributed by atoms with van der Waals surface area (Å²) in [6.45, 7) is 2.58. The molecule has 6 heteroatoms. The topological polar surface area (TPSA) is 58.1 Å². The van der Waals surface area contributed by atoms with Crippen molar-refractivity contribution in [3.63, 3.8) is 0 Å². The molecule has 4 rings (SSSR count). The predicted octanol–water partition coefficient (Wildman–Crippen LogP) is 4.00. The van der Waals surface area contributed by atoms with Crippen molar-refractivity contribution in [3.05, 3.63) is 95.8 Å². The van der Waals surface area contributed by atoms with Crippen molar-refractivity contribution in [2.24, 2.45) is 5.92 Å². The molecule has 154 valence electrons. The molecule has 1 N–H and O–H groups in total. The molecular formula is C24H25FN4O. The van der Waals surface area contributed by atoms with Crippen LogP contribution < -0.4 is 5.32 Å². The summed E-state index contributed by atoms with van der Waals surface area (Å²) in [4.78, 5) is 23.9. The lowest BCUT2D eigenvalue weighted by Gasteiger charge is -2.37. The van der Waals surface area contributed by atoms with Gasteiger partial charge in [-0.05, 0) is 67.3 Å². The molecule has 5 nitrogen and oxygen atoms in total. The summed E-state index contributed by atoms with van der Waals surface area (Å²) in [5.41, 5.74) is 2.34. The lowest BCUT2D eigenvalue weighted by Crippen LogP contribution is -2.43. The number of amides is 1. The number of halogens is 1. The van der Waals surface area contributed by atoms with Gasteiger partial charge in [0.25, 0.3) is 5.91 Å². The van der Waals surface area contributed by atoms with Gasteiger partial charge in [0.15, 0.2) is 0 Å². The van der Waals surface area contributed by atoms with Gasteiger partial charge in [0.1, 0.15) is 11.5 Å². The van der Waals surface area contributed by atoms with Gasteiger partial charge >= 0.3 is 0 Å². The predicted molar refractivity (Wildman–Crippen MR) is 113 cm³/mol. The maximum absolute atomic E-state index is 13.2. The Morgan fingerprint density at radius 1 is 1.07 bits per heavy atom. The van der Waals surface area contributed by atoms with E-state index in [0.29, 0.717) is 5.69 Å². The molecule has 0 unspecified atom stereocenters. The zero-order chi connectivity index (χ0) is 20.8. The molecule has 2 atom stereocenters. The maximum atomic E-state index is 13.2. The second-order valence-corrected chi connectivity index (χ2v) is 7.68. The second kappa shape index (κ2) is 9.59.